The lowest BCUT2D eigenvalue weighted by molar-refractivity contribution is -0.125. The van der Waals surface area contributed by atoms with Crippen LogP contribution in [0.15, 0.2) is 36.0 Å². The molecule has 1 radical (unpaired) electrons. The molecule has 0 saturated heterocycles. The molecule has 1 amide bonds. The van der Waals surface area contributed by atoms with Gasteiger partial charge in [0, 0.05) is 6.54 Å². The van der Waals surface area contributed by atoms with Gasteiger partial charge in [-0.15, -0.1) is 0 Å². The van der Waals surface area contributed by atoms with Crippen LogP contribution in [-0.2, 0) is 14.8 Å². The number of nitrogens with one attached hydrogen (secondary N) is 1. The first-order valence-electron chi connectivity index (χ1n) is 6.64. The molecule has 21 heavy (non-hydrogen) atoms. The smallest absolute Gasteiger partial charge is 0.285 e. The molecule has 1 heterocycles. The minimum absolute atomic E-state index is 0.0201. The molecular weight excluding hydrogens is 288 g/mol. The normalized spacial score (nSPS) is 18.3. The van der Waals surface area contributed by atoms with Crippen molar-refractivity contribution in [2.45, 2.75) is 26.3 Å². The van der Waals surface area contributed by atoms with E-state index in [0.29, 0.717) is 5.56 Å². The molecule has 2 rings (SSSR count). The van der Waals surface area contributed by atoms with Crippen LogP contribution in [0.1, 0.15) is 26.3 Å². The van der Waals surface area contributed by atoms with Crippen molar-refractivity contribution >= 4 is 20.8 Å². The summed E-state index contributed by atoms with van der Waals surface area (Å²) in [7, 11) is -3.89. The molecule has 0 aliphatic carbocycles. The zero-order valence-electron chi connectivity index (χ0n) is 12.4. The van der Waals surface area contributed by atoms with Crippen LogP contribution in [0.2, 0.25) is 0 Å². The van der Waals surface area contributed by atoms with Gasteiger partial charge in [0.1, 0.15) is 10.6 Å². The number of sulfonamides is 1. The Morgan fingerprint density at radius 3 is 2.24 bits per heavy atom. The van der Waals surface area contributed by atoms with E-state index in [1.807, 2.05) is 0 Å². The average Bonchev–Trinajstić information content (AvgIpc) is 2.57. The highest BCUT2D eigenvalue weighted by Gasteiger charge is 2.49. The fourth-order valence-corrected chi connectivity index (χ4v) is 4.42. The van der Waals surface area contributed by atoms with E-state index in [4.69, 9.17) is 0 Å². The Labute approximate surface area is 125 Å². The summed E-state index contributed by atoms with van der Waals surface area (Å²) in [6.45, 7) is 8.94. The lowest BCUT2D eigenvalue weighted by Crippen LogP contribution is -2.46. The minimum atomic E-state index is -3.89. The van der Waals surface area contributed by atoms with Crippen molar-refractivity contribution in [2.75, 3.05) is 6.54 Å². The second-order valence-corrected chi connectivity index (χ2v) is 7.47. The molecular formula is C15H19N2O3S. The molecule has 1 aliphatic heterocycles. The fourth-order valence-electron chi connectivity index (χ4n) is 2.36. The van der Waals surface area contributed by atoms with Gasteiger partial charge in [-0.3, -0.25) is 4.79 Å². The monoisotopic (exact) mass is 307 g/mol. The first-order chi connectivity index (χ1) is 9.71. The summed E-state index contributed by atoms with van der Waals surface area (Å²) in [5.74, 6) is -0.537. The predicted octanol–water partition coefficient (Wildman–Crippen LogP) is 1.75. The zero-order chi connectivity index (χ0) is 15.8. The Bertz CT molecular complexity index is 685. The summed E-state index contributed by atoms with van der Waals surface area (Å²) >= 11 is 0. The average molecular weight is 307 g/mol. The fraction of sp³-hybridized carbons (Fsp3) is 0.333. The molecule has 1 aromatic rings. The number of amides is 1. The second kappa shape index (κ2) is 5.18. The third-order valence-corrected chi connectivity index (χ3v) is 5.22. The molecule has 6 heteroatoms. The van der Waals surface area contributed by atoms with E-state index >= 15 is 0 Å². The Balaban J connectivity index is 2.70. The van der Waals surface area contributed by atoms with Crippen molar-refractivity contribution in [1.29, 1.82) is 0 Å². The second-order valence-electron chi connectivity index (χ2n) is 5.74. The standard InChI is InChI=1S/C15H19N2O3S/c1-5-16-12-13(11-9-7-6-8-10-11)21(19,20)17(14(12)18)15(2,3)4/h6-10,16H,1,5H2,2-4H3. The first kappa shape index (κ1) is 15.6. The highest BCUT2D eigenvalue weighted by molar-refractivity contribution is 7.99. The molecule has 113 valence electrons. The molecule has 0 spiro atoms. The molecule has 0 bridgehead atoms. The SMILES string of the molecule is [CH2]CNC1=C(c2ccccc2)S(=O)(=O)N(C(C)(C)C)C1=O. The predicted molar refractivity (Wildman–Crippen MR) is 82.2 cm³/mol. The van der Waals surface area contributed by atoms with Crippen molar-refractivity contribution in [1.82, 2.24) is 9.62 Å². The van der Waals surface area contributed by atoms with Crippen molar-refractivity contribution in [3.63, 3.8) is 0 Å². The van der Waals surface area contributed by atoms with Gasteiger partial charge in [0.25, 0.3) is 15.9 Å². The van der Waals surface area contributed by atoms with E-state index in [1.54, 1.807) is 51.1 Å². The van der Waals surface area contributed by atoms with Crippen LogP contribution in [0.3, 0.4) is 0 Å². The molecule has 1 aliphatic rings. The molecule has 1 N–H and O–H groups in total. The molecule has 0 atom stereocenters. The number of carbonyl (C=O) groups excluding carboxylic acids is 1. The first-order valence-corrected chi connectivity index (χ1v) is 8.08. The Hall–Kier alpha value is -1.82. The number of carbonyl (C=O) groups is 1. The number of benzene rings is 1. The van der Waals surface area contributed by atoms with Gasteiger partial charge in [-0.25, -0.2) is 12.7 Å². The van der Waals surface area contributed by atoms with E-state index in [2.05, 4.69) is 12.2 Å². The Kier molecular flexibility index (Phi) is 3.84. The van der Waals surface area contributed by atoms with Gasteiger partial charge >= 0.3 is 0 Å². The third kappa shape index (κ3) is 2.55. The summed E-state index contributed by atoms with van der Waals surface area (Å²) in [6, 6.07) is 8.63. The lowest BCUT2D eigenvalue weighted by Gasteiger charge is -2.30. The molecule has 1 aromatic carbocycles. The summed E-state index contributed by atoms with van der Waals surface area (Å²) < 4.78 is 26.6. The Morgan fingerprint density at radius 2 is 1.76 bits per heavy atom. The highest BCUT2D eigenvalue weighted by Crippen LogP contribution is 2.38. The van der Waals surface area contributed by atoms with Gasteiger partial charge in [0.15, 0.2) is 0 Å². The summed E-state index contributed by atoms with van der Waals surface area (Å²) in [6.07, 6.45) is 0. The minimum Gasteiger partial charge on any atom is -0.379 e. The topological polar surface area (TPSA) is 66.5 Å². The number of hydrogen-bond acceptors (Lipinski definition) is 4. The van der Waals surface area contributed by atoms with Gasteiger partial charge in [-0.2, -0.15) is 0 Å². The number of hydrogen-bond donors (Lipinski definition) is 1. The van der Waals surface area contributed by atoms with Gasteiger partial charge in [0.05, 0.1) is 5.54 Å². The largest absolute Gasteiger partial charge is 0.379 e. The van der Waals surface area contributed by atoms with Crippen LogP contribution in [-0.4, -0.2) is 30.7 Å². The van der Waals surface area contributed by atoms with Gasteiger partial charge in [-0.1, -0.05) is 30.3 Å². The van der Waals surface area contributed by atoms with E-state index in [9.17, 15) is 13.2 Å². The van der Waals surface area contributed by atoms with E-state index in [-0.39, 0.29) is 17.1 Å². The van der Waals surface area contributed by atoms with Crippen molar-refractivity contribution < 1.29 is 13.2 Å². The number of rotatable bonds is 3. The maximum Gasteiger partial charge on any atom is 0.285 e. The summed E-state index contributed by atoms with van der Waals surface area (Å²) in [5.41, 5.74) is -0.250. The molecule has 0 unspecified atom stereocenters. The third-order valence-electron chi connectivity index (χ3n) is 3.07. The molecule has 0 aromatic heterocycles. The zero-order valence-corrected chi connectivity index (χ0v) is 13.2. The molecule has 0 fully saturated rings. The lowest BCUT2D eigenvalue weighted by atomic mass is 10.1. The van der Waals surface area contributed by atoms with Gasteiger partial charge in [0.2, 0.25) is 0 Å². The van der Waals surface area contributed by atoms with E-state index in [1.165, 1.54) is 0 Å². The van der Waals surface area contributed by atoms with Crippen LogP contribution in [0.25, 0.3) is 4.91 Å². The molecule has 5 nitrogen and oxygen atoms in total. The van der Waals surface area contributed by atoms with Crippen LogP contribution in [0.4, 0.5) is 0 Å². The Morgan fingerprint density at radius 1 is 1.19 bits per heavy atom. The van der Waals surface area contributed by atoms with Crippen LogP contribution in [0, 0.1) is 6.92 Å². The van der Waals surface area contributed by atoms with E-state index in [0.717, 1.165) is 4.31 Å². The summed E-state index contributed by atoms with van der Waals surface area (Å²) in [5, 5.41) is 2.80. The maximum atomic E-state index is 12.8. The van der Waals surface area contributed by atoms with Crippen LogP contribution < -0.4 is 5.32 Å². The number of nitrogens with zero attached hydrogens (tertiary/aromatic N) is 1. The van der Waals surface area contributed by atoms with Crippen molar-refractivity contribution in [3.05, 3.63) is 48.5 Å². The highest BCUT2D eigenvalue weighted by atomic mass is 32.2. The van der Waals surface area contributed by atoms with Gasteiger partial charge in [-0.05, 0) is 33.3 Å². The molecule has 0 saturated carbocycles. The van der Waals surface area contributed by atoms with Crippen LogP contribution >= 0.6 is 0 Å². The van der Waals surface area contributed by atoms with E-state index < -0.39 is 21.5 Å². The van der Waals surface area contributed by atoms with Gasteiger partial charge < -0.3 is 5.32 Å². The quantitative estimate of drug-likeness (QED) is 0.924. The summed E-state index contributed by atoms with van der Waals surface area (Å²) in [4.78, 5) is 12.6. The van der Waals surface area contributed by atoms with Crippen molar-refractivity contribution in [2.24, 2.45) is 0 Å². The van der Waals surface area contributed by atoms with Crippen molar-refractivity contribution in [3.8, 4) is 0 Å². The maximum absolute atomic E-state index is 12.8. The van der Waals surface area contributed by atoms with Crippen LogP contribution in [0.5, 0.6) is 0 Å².